The lowest BCUT2D eigenvalue weighted by Crippen LogP contribution is -2.09. The van der Waals surface area contributed by atoms with Gasteiger partial charge in [-0.1, -0.05) is 0 Å². The molecule has 0 bridgehead atoms. The van der Waals surface area contributed by atoms with E-state index in [1.807, 2.05) is 13.0 Å². The number of carbonyl (C=O) groups is 1. The number of nitrogens with one attached hydrogen (secondary N) is 2. The Morgan fingerprint density at radius 3 is 2.79 bits per heavy atom. The molecule has 0 aliphatic rings. The third-order valence-corrected chi connectivity index (χ3v) is 2.70. The van der Waals surface area contributed by atoms with Crippen LogP contribution in [0.1, 0.15) is 25.5 Å². The van der Waals surface area contributed by atoms with Crippen molar-refractivity contribution in [2.75, 3.05) is 10.6 Å². The molecule has 1 atom stereocenters. The number of halogens is 1. The first-order valence-electron chi connectivity index (χ1n) is 5.92. The molecule has 1 aromatic heterocycles. The standard InChI is InChI=1S/C14H15FN2O2/c1-9(11-5-6-19-8-11)16-14-7-12(17-10(2)18)3-4-13(14)15/h3-9,16H,1-2H3,(H,17,18). The molecule has 1 aromatic carbocycles. The minimum Gasteiger partial charge on any atom is -0.472 e. The van der Waals surface area contributed by atoms with Gasteiger partial charge in [-0.25, -0.2) is 4.39 Å². The van der Waals surface area contributed by atoms with Gasteiger partial charge in [0.1, 0.15) is 5.82 Å². The number of hydrogen-bond acceptors (Lipinski definition) is 3. The molecule has 1 heterocycles. The highest BCUT2D eigenvalue weighted by molar-refractivity contribution is 5.89. The summed E-state index contributed by atoms with van der Waals surface area (Å²) in [4.78, 5) is 11.0. The van der Waals surface area contributed by atoms with E-state index in [2.05, 4.69) is 10.6 Å². The first-order chi connectivity index (χ1) is 9.06. The second-order valence-corrected chi connectivity index (χ2v) is 4.30. The van der Waals surface area contributed by atoms with Crippen LogP contribution in [-0.2, 0) is 4.79 Å². The maximum absolute atomic E-state index is 13.7. The Kier molecular flexibility index (Phi) is 3.85. The van der Waals surface area contributed by atoms with E-state index in [0.717, 1.165) is 5.56 Å². The molecule has 1 unspecified atom stereocenters. The summed E-state index contributed by atoms with van der Waals surface area (Å²) in [6.45, 7) is 3.31. The Hall–Kier alpha value is -2.30. The van der Waals surface area contributed by atoms with Gasteiger partial charge in [0.05, 0.1) is 24.3 Å². The molecular formula is C14H15FN2O2. The molecule has 2 aromatic rings. The Balaban J connectivity index is 2.17. The van der Waals surface area contributed by atoms with Gasteiger partial charge >= 0.3 is 0 Å². The van der Waals surface area contributed by atoms with E-state index in [0.29, 0.717) is 11.4 Å². The van der Waals surface area contributed by atoms with Crippen molar-refractivity contribution in [3.8, 4) is 0 Å². The number of benzene rings is 1. The monoisotopic (exact) mass is 262 g/mol. The summed E-state index contributed by atoms with van der Waals surface area (Å²) < 4.78 is 18.7. The number of anilines is 2. The van der Waals surface area contributed by atoms with Gasteiger partial charge in [0.15, 0.2) is 0 Å². The molecule has 0 aliphatic carbocycles. The maximum Gasteiger partial charge on any atom is 0.221 e. The van der Waals surface area contributed by atoms with Crippen LogP contribution in [0, 0.1) is 5.82 Å². The minimum atomic E-state index is -0.371. The number of hydrogen-bond donors (Lipinski definition) is 2. The number of carbonyl (C=O) groups excluding carboxylic acids is 1. The Morgan fingerprint density at radius 1 is 1.37 bits per heavy atom. The largest absolute Gasteiger partial charge is 0.472 e. The molecule has 0 fully saturated rings. The van der Waals surface area contributed by atoms with E-state index in [-0.39, 0.29) is 17.8 Å². The number of furan rings is 1. The van der Waals surface area contributed by atoms with Gasteiger partial charge in [-0.3, -0.25) is 4.79 Å². The van der Waals surface area contributed by atoms with Crippen molar-refractivity contribution in [1.82, 2.24) is 0 Å². The molecule has 0 aliphatic heterocycles. The van der Waals surface area contributed by atoms with Crippen molar-refractivity contribution in [3.63, 3.8) is 0 Å². The van der Waals surface area contributed by atoms with Crippen LogP contribution in [0.25, 0.3) is 0 Å². The highest BCUT2D eigenvalue weighted by atomic mass is 19.1. The van der Waals surface area contributed by atoms with Gasteiger partial charge in [-0.05, 0) is 31.2 Å². The van der Waals surface area contributed by atoms with E-state index in [1.54, 1.807) is 18.6 Å². The van der Waals surface area contributed by atoms with Gasteiger partial charge < -0.3 is 15.1 Å². The summed E-state index contributed by atoms with van der Waals surface area (Å²) in [5, 5.41) is 5.66. The van der Waals surface area contributed by atoms with Crippen LogP contribution in [0.4, 0.5) is 15.8 Å². The molecule has 1 amide bonds. The summed E-state index contributed by atoms with van der Waals surface area (Å²) in [5.41, 5.74) is 1.81. The first-order valence-corrected chi connectivity index (χ1v) is 5.92. The fourth-order valence-electron chi connectivity index (χ4n) is 1.75. The van der Waals surface area contributed by atoms with Crippen LogP contribution in [0.3, 0.4) is 0 Å². The predicted molar refractivity (Wildman–Crippen MR) is 71.4 cm³/mol. The highest BCUT2D eigenvalue weighted by Crippen LogP contribution is 2.24. The minimum absolute atomic E-state index is 0.0965. The molecule has 2 N–H and O–H groups in total. The zero-order valence-electron chi connectivity index (χ0n) is 10.7. The van der Waals surface area contributed by atoms with Crippen LogP contribution >= 0.6 is 0 Å². The van der Waals surface area contributed by atoms with Gasteiger partial charge in [-0.15, -0.1) is 0 Å². The molecule has 0 spiro atoms. The van der Waals surface area contributed by atoms with Gasteiger partial charge in [0.2, 0.25) is 5.91 Å². The lowest BCUT2D eigenvalue weighted by Gasteiger charge is -2.15. The lowest BCUT2D eigenvalue weighted by atomic mass is 10.1. The van der Waals surface area contributed by atoms with Crippen LogP contribution in [0.15, 0.2) is 41.2 Å². The zero-order chi connectivity index (χ0) is 13.8. The van der Waals surface area contributed by atoms with Crippen molar-refractivity contribution in [1.29, 1.82) is 0 Å². The first kappa shape index (κ1) is 13.1. The Labute approximate surface area is 110 Å². The molecule has 100 valence electrons. The van der Waals surface area contributed by atoms with Crippen molar-refractivity contribution < 1.29 is 13.6 Å². The normalized spacial score (nSPS) is 11.9. The molecule has 4 nitrogen and oxygen atoms in total. The van der Waals surface area contributed by atoms with Crippen LogP contribution in [0.2, 0.25) is 0 Å². The molecule has 0 radical (unpaired) electrons. The Bertz CT molecular complexity index is 567. The summed E-state index contributed by atoms with van der Waals surface area (Å²) >= 11 is 0. The van der Waals surface area contributed by atoms with E-state index < -0.39 is 0 Å². The van der Waals surface area contributed by atoms with E-state index in [4.69, 9.17) is 4.42 Å². The molecule has 2 rings (SSSR count). The molecule has 0 saturated heterocycles. The number of amides is 1. The average molecular weight is 262 g/mol. The molecule has 5 heteroatoms. The second kappa shape index (κ2) is 5.56. The van der Waals surface area contributed by atoms with Crippen LogP contribution < -0.4 is 10.6 Å². The topological polar surface area (TPSA) is 54.3 Å². The van der Waals surface area contributed by atoms with Crippen molar-refractivity contribution in [3.05, 3.63) is 48.2 Å². The van der Waals surface area contributed by atoms with Gasteiger partial charge in [-0.2, -0.15) is 0 Å². The van der Waals surface area contributed by atoms with Crippen molar-refractivity contribution in [2.24, 2.45) is 0 Å². The number of rotatable bonds is 4. The smallest absolute Gasteiger partial charge is 0.221 e. The summed E-state index contributed by atoms with van der Waals surface area (Å²) in [6, 6.07) is 6.11. The van der Waals surface area contributed by atoms with E-state index in [9.17, 15) is 9.18 Å². The van der Waals surface area contributed by atoms with Crippen LogP contribution in [0.5, 0.6) is 0 Å². The summed E-state index contributed by atoms with van der Waals surface area (Å²) in [5.74, 6) is -0.565. The van der Waals surface area contributed by atoms with Crippen LogP contribution in [-0.4, -0.2) is 5.91 Å². The molecular weight excluding hydrogens is 247 g/mol. The molecule has 19 heavy (non-hydrogen) atoms. The van der Waals surface area contributed by atoms with E-state index in [1.165, 1.54) is 19.1 Å². The SMILES string of the molecule is CC(=O)Nc1ccc(F)c(NC(C)c2ccoc2)c1. The Morgan fingerprint density at radius 2 is 2.16 bits per heavy atom. The lowest BCUT2D eigenvalue weighted by molar-refractivity contribution is -0.114. The predicted octanol–water partition coefficient (Wildman–Crippen LogP) is 3.55. The molecule has 0 saturated carbocycles. The maximum atomic E-state index is 13.7. The fourth-order valence-corrected chi connectivity index (χ4v) is 1.75. The third kappa shape index (κ3) is 3.34. The quantitative estimate of drug-likeness (QED) is 0.886. The summed E-state index contributed by atoms with van der Waals surface area (Å²) in [6.07, 6.45) is 3.17. The van der Waals surface area contributed by atoms with E-state index >= 15 is 0 Å². The van der Waals surface area contributed by atoms with Gasteiger partial charge in [0, 0.05) is 18.2 Å². The zero-order valence-corrected chi connectivity index (χ0v) is 10.7. The summed E-state index contributed by atoms with van der Waals surface area (Å²) in [7, 11) is 0. The third-order valence-electron chi connectivity index (χ3n) is 2.70. The van der Waals surface area contributed by atoms with Crippen molar-refractivity contribution >= 4 is 17.3 Å². The second-order valence-electron chi connectivity index (χ2n) is 4.30. The average Bonchev–Trinajstić information content (AvgIpc) is 2.86. The van der Waals surface area contributed by atoms with Gasteiger partial charge in [0.25, 0.3) is 0 Å². The van der Waals surface area contributed by atoms with Crippen molar-refractivity contribution in [2.45, 2.75) is 19.9 Å². The fraction of sp³-hybridized carbons (Fsp3) is 0.214. The highest BCUT2D eigenvalue weighted by Gasteiger charge is 2.10.